The zero-order valence-electron chi connectivity index (χ0n) is 13.6. The number of nitrogens with one attached hydrogen (secondary N) is 1. The molecule has 24 heavy (non-hydrogen) atoms. The van der Waals surface area contributed by atoms with Crippen molar-refractivity contribution in [3.8, 4) is 5.82 Å². The molecule has 1 amide bonds. The lowest BCUT2D eigenvalue weighted by molar-refractivity contribution is -0.113. The zero-order valence-corrected chi connectivity index (χ0v) is 14.4. The van der Waals surface area contributed by atoms with Gasteiger partial charge in [-0.15, -0.1) is 27.1 Å². The Morgan fingerprint density at radius 2 is 2.17 bits per heavy atom. The number of fused-ring (bicyclic) bond motifs is 2. The third kappa shape index (κ3) is 2.35. The number of rotatable bonds is 2. The number of thioether (sulfide) groups is 1. The van der Waals surface area contributed by atoms with Crippen molar-refractivity contribution in [2.75, 3.05) is 11.1 Å². The Morgan fingerprint density at radius 1 is 1.33 bits per heavy atom. The maximum absolute atomic E-state index is 12.2. The van der Waals surface area contributed by atoms with Gasteiger partial charge in [0.25, 0.3) is 0 Å². The molecule has 124 valence electrons. The van der Waals surface area contributed by atoms with Gasteiger partial charge in [-0.1, -0.05) is 13.8 Å². The molecule has 9 heteroatoms. The van der Waals surface area contributed by atoms with E-state index in [9.17, 15) is 4.79 Å². The van der Waals surface area contributed by atoms with Gasteiger partial charge in [-0.2, -0.15) is 14.3 Å². The zero-order chi connectivity index (χ0) is 16.8. The summed E-state index contributed by atoms with van der Waals surface area (Å²) in [6.45, 7) is 6.30. The minimum atomic E-state index is -0.0177. The minimum Gasteiger partial charge on any atom is -0.310 e. The molecule has 0 aromatic carbocycles. The summed E-state index contributed by atoms with van der Waals surface area (Å²) in [4.78, 5) is 12.2. The molecule has 0 spiro atoms. The maximum atomic E-state index is 12.2. The molecule has 4 rings (SSSR count). The van der Waals surface area contributed by atoms with Gasteiger partial charge < -0.3 is 5.32 Å². The van der Waals surface area contributed by atoms with Crippen LogP contribution in [-0.4, -0.2) is 41.3 Å². The molecule has 0 saturated carbocycles. The number of hydrogen-bond acceptors (Lipinski definition) is 6. The predicted molar refractivity (Wildman–Crippen MR) is 91.3 cm³/mol. The van der Waals surface area contributed by atoms with Gasteiger partial charge >= 0.3 is 0 Å². The topological polar surface area (TPSA) is 90.0 Å². The van der Waals surface area contributed by atoms with Gasteiger partial charge in [0, 0.05) is 10.8 Å². The van der Waals surface area contributed by atoms with Crippen molar-refractivity contribution in [1.82, 2.24) is 29.6 Å². The molecule has 8 nitrogen and oxygen atoms in total. The average molecular weight is 343 g/mol. The molecule has 0 fully saturated rings. The summed E-state index contributed by atoms with van der Waals surface area (Å²) >= 11 is 1.66. The summed E-state index contributed by atoms with van der Waals surface area (Å²) < 4.78 is 3.29. The molecular weight excluding hydrogens is 326 g/mol. The van der Waals surface area contributed by atoms with Gasteiger partial charge in [-0.05, 0) is 25.0 Å². The van der Waals surface area contributed by atoms with Crippen LogP contribution in [0.5, 0.6) is 0 Å². The van der Waals surface area contributed by atoms with Gasteiger partial charge in [0.1, 0.15) is 12.1 Å². The number of anilines is 1. The van der Waals surface area contributed by atoms with Crippen LogP contribution in [0.4, 0.5) is 5.82 Å². The third-order valence-corrected chi connectivity index (χ3v) is 5.58. The maximum Gasteiger partial charge on any atom is 0.235 e. The fourth-order valence-electron chi connectivity index (χ4n) is 2.94. The van der Waals surface area contributed by atoms with Gasteiger partial charge in [-0.3, -0.25) is 4.79 Å². The quantitative estimate of drug-likeness (QED) is 0.765. The highest BCUT2D eigenvalue weighted by Gasteiger charge is 2.31. The molecule has 1 N–H and O–H groups in total. The number of carbonyl (C=O) groups is 1. The second kappa shape index (κ2) is 5.59. The van der Waals surface area contributed by atoms with Gasteiger partial charge in [-0.25, -0.2) is 0 Å². The highest BCUT2D eigenvalue weighted by molar-refractivity contribution is 8.00. The number of carbonyl (C=O) groups excluding carboxylic acids is 1. The standard InChI is InChI=1S/C15H17N7OS/c1-8(2)14-13-9(3)19-22(15(13)17-12(23)6-24-14)11-5-4-10-18-16-7-21(10)20-11/h4-5,7-8,14H,6H2,1-3H3,(H,17,23)/t14-/m1/s1. The SMILES string of the molecule is Cc1nn(-c2ccc3nncn3n2)c2c1[C@@H](C(C)C)SCC(=O)N2. The average Bonchev–Trinajstić information content (AvgIpc) is 3.07. The highest BCUT2D eigenvalue weighted by Crippen LogP contribution is 2.43. The van der Waals surface area contributed by atoms with Crippen molar-refractivity contribution >= 4 is 29.1 Å². The van der Waals surface area contributed by atoms with Crippen LogP contribution in [0.1, 0.15) is 30.4 Å². The van der Waals surface area contributed by atoms with E-state index in [0.29, 0.717) is 29.0 Å². The van der Waals surface area contributed by atoms with Crippen LogP contribution in [0.3, 0.4) is 0 Å². The number of hydrogen-bond donors (Lipinski definition) is 1. The van der Waals surface area contributed by atoms with E-state index in [1.54, 1.807) is 27.3 Å². The van der Waals surface area contributed by atoms with Crippen LogP contribution in [0.15, 0.2) is 18.5 Å². The summed E-state index contributed by atoms with van der Waals surface area (Å²) in [5, 5.41) is 20.1. The summed E-state index contributed by atoms with van der Waals surface area (Å²) in [5.74, 6) is 2.14. The lowest BCUT2D eigenvalue weighted by Gasteiger charge is -2.18. The first-order valence-electron chi connectivity index (χ1n) is 7.73. The van der Waals surface area contributed by atoms with Crippen molar-refractivity contribution in [2.24, 2.45) is 5.92 Å². The Bertz CT molecular complexity index is 929. The lowest BCUT2D eigenvalue weighted by Crippen LogP contribution is -2.16. The Kier molecular flexibility index (Phi) is 3.52. The van der Waals surface area contributed by atoms with Crippen LogP contribution in [0, 0.1) is 12.8 Å². The second-order valence-electron chi connectivity index (χ2n) is 6.11. The minimum absolute atomic E-state index is 0.0177. The van der Waals surface area contributed by atoms with E-state index >= 15 is 0 Å². The smallest absolute Gasteiger partial charge is 0.235 e. The van der Waals surface area contributed by atoms with Crippen LogP contribution in [0.25, 0.3) is 11.5 Å². The van der Waals surface area contributed by atoms with E-state index in [4.69, 9.17) is 0 Å². The van der Waals surface area contributed by atoms with E-state index < -0.39 is 0 Å². The Morgan fingerprint density at radius 3 is 2.96 bits per heavy atom. The van der Waals surface area contributed by atoms with Crippen molar-refractivity contribution in [2.45, 2.75) is 26.0 Å². The van der Waals surface area contributed by atoms with Crippen molar-refractivity contribution in [3.63, 3.8) is 0 Å². The molecular formula is C15H17N7OS. The molecule has 0 bridgehead atoms. The predicted octanol–water partition coefficient (Wildman–Crippen LogP) is 2.00. The summed E-state index contributed by atoms with van der Waals surface area (Å²) in [6, 6.07) is 3.65. The molecule has 0 aliphatic carbocycles. The molecule has 3 aromatic rings. The van der Waals surface area contributed by atoms with Crippen LogP contribution < -0.4 is 5.32 Å². The number of nitrogens with zero attached hydrogens (tertiary/aromatic N) is 6. The monoisotopic (exact) mass is 343 g/mol. The fraction of sp³-hybridized carbons (Fsp3) is 0.400. The van der Waals surface area contributed by atoms with Crippen molar-refractivity contribution in [3.05, 3.63) is 29.7 Å². The summed E-state index contributed by atoms with van der Waals surface area (Å²) in [6.07, 6.45) is 1.54. The first-order valence-corrected chi connectivity index (χ1v) is 8.78. The highest BCUT2D eigenvalue weighted by atomic mass is 32.2. The molecule has 0 radical (unpaired) electrons. The van der Waals surface area contributed by atoms with Crippen LogP contribution in [-0.2, 0) is 4.79 Å². The first kappa shape index (κ1) is 15.1. The molecule has 4 heterocycles. The van der Waals surface area contributed by atoms with Crippen molar-refractivity contribution in [1.29, 1.82) is 0 Å². The van der Waals surface area contributed by atoms with Crippen LogP contribution >= 0.6 is 11.8 Å². The Hall–Kier alpha value is -2.42. The Labute approximate surface area is 142 Å². The Balaban J connectivity index is 1.91. The van der Waals surface area contributed by atoms with E-state index in [-0.39, 0.29) is 11.2 Å². The number of aromatic nitrogens is 6. The lowest BCUT2D eigenvalue weighted by atomic mass is 10.0. The molecule has 0 unspecified atom stereocenters. The largest absolute Gasteiger partial charge is 0.310 e. The summed E-state index contributed by atoms with van der Waals surface area (Å²) in [5.41, 5.74) is 2.64. The van der Waals surface area contributed by atoms with E-state index in [0.717, 1.165) is 11.3 Å². The third-order valence-electron chi connectivity index (χ3n) is 4.01. The van der Waals surface area contributed by atoms with Gasteiger partial charge in [0.15, 0.2) is 11.5 Å². The normalized spacial score (nSPS) is 17.8. The van der Waals surface area contributed by atoms with Crippen molar-refractivity contribution < 1.29 is 4.79 Å². The second-order valence-corrected chi connectivity index (χ2v) is 7.24. The van der Waals surface area contributed by atoms with E-state index in [2.05, 4.69) is 39.6 Å². The van der Waals surface area contributed by atoms with Gasteiger partial charge in [0.05, 0.1) is 11.4 Å². The fourth-order valence-corrected chi connectivity index (χ4v) is 4.18. The van der Waals surface area contributed by atoms with Gasteiger partial charge in [0.2, 0.25) is 5.91 Å². The summed E-state index contributed by atoms with van der Waals surface area (Å²) in [7, 11) is 0. The molecule has 1 atom stereocenters. The number of amides is 1. The van der Waals surface area contributed by atoms with E-state index in [1.807, 2.05) is 19.1 Å². The van der Waals surface area contributed by atoms with E-state index in [1.165, 1.54) is 0 Å². The first-order chi connectivity index (χ1) is 11.5. The molecule has 1 aliphatic rings. The molecule has 3 aromatic heterocycles. The molecule has 0 saturated heterocycles. The molecule has 1 aliphatic heterocycles. The van der Waals surface area contributed by atoms with Crippen LogP contribution in [0.2, 0.25) is 0 Å². The number of aryl methyl sites for hydroxylation is 1.